The van der Waals surface area contributed by atoms with Crippen LogP contribution in [0.2, 0.25) is 0 Å². The second-order valence-electron chi connectivity index (χ2n) is 6.21. The molecule has 2 aromatic heterocycles. The molecule has 0 saturated heterocycles. The maximum atomic E-state index is 12.9. The van der Waals surface area contributed by atoms with Gasteiger partial charge in [-0.25, -0.2) is 19.3 Å². The predicted octanol–water partition coefficient (Wildman–Crippen LogP) is 2.83. The zero-order valence-electron chi connectivity index (χ0n) is 15.4. The largest absolute Gasteiger partial charge is 0.368 e. The predicted molar refractivity (Wildman–Crippen MR) is 106 cm³/mol. The average Bonchev–Trinajstić information content (AvgIpc) is 2.67. The fraction of sp³-hybridized carbons (Fsp3) is 0.200. The first kappa shape index (κ1) is 19.2. The molecule has 0 spiro atoms. The molecule has 0 fully saturated rings. The fourth-order valence-electron chi connectivity index (χ4n) is 2.50. The van der Waals surface area contributed by atoms with Gasteiger partial charge in [-0.2, -0.15) is 0 Å². The van der Waals surface area contributed by atoms with Crippen molar-refractivity contribution in [2.45, 2.75) is 13.3 Å². The lowest BCUT2D eigenvalue weighted by atomic mass is 10.1. The van der Waals surface area contributed by atoms with Gasteiger partial charge in [0.25, 0.3) is 0 Å². The molecule has 0 bridgehead atoms. The molecule has 0 radical (unpaired) electrons. The Morgan fingerprint density at radius 1 is 0.964 bits per heavy atom. The van der Waals surface area contributed by atoms with Crippen LogP contribution in [0.3, 0.4) is 0 Å². The van der Waals surface area contributed by atoms with Gasteiger partial charge in [0.2, 0.25) is 5.91 Å². The summed E-state index contributed by atoms with van der Waals surface area (Å²) in [6.07, 6.45) is 3.39. The maximum Gasteiger partial charge on any atom is 0.224 e. The van der Waals surface area contributed by atoms with Gasteiger partial charge in [0, 0.05) is 25.4 Å². The lowest BCUT2D eigenvalue weighted by Crippen LogP contribution is -2.30. The smallest absolute Gasteiger partial charge is 0.224 e. The van der Waals surface area contributed by atoms with Gasteiger partial charge in [-0.3, -0.25) is 4.79 Å². The van der Waals surface area contributed by atoms with E-state index in [1.165, 1.54) is 18.5 Å². The minimum absolute atomic E-state index is 0.121. The summed E-state index contributed by atoms with van der Waals surface area (Å²) in [6.45, 7) is 2.94. The number of aromatic nitrogens is 3. The third-order valence-corrected chi connectivity index (χ3v) is 3.87. The Bertz CT molecular complexity index is 932. The molecule has 7 nitrogen and oxygen atoms in total. The van der Waals surface area contributed by atoms with E-state index in [2.05, 4.69) is 30.9 Å². The van der Waals surface area contributed by atoms with E-state index in [4.69, 9.17) is 0 Å². The molecule has 0 aliphatic carbocycles. The van der Waals surface area contributed by atoms with Crippen molar-refractivity contribution in [2.24, 2.45) is 0 Å². The minimum Gasteiger partial charge on any atom is -0.368 e. The lowest BCUT2D eigenvalue weighted by Gasteiger charge is -2.09. The molecule has 3 rings (SSSR count). The van der Waals surface area contributed by atoms with E-state index < -0.39 is 0 Å². The summed E-state index contributed by atoms with van der Waals surface area (Å²) in [4.78, 5) is 24.5. The lowest BCUT2D eigenvalue weighted by molar-refractivity contribution is -0.120. The maximum absolute atomic E-state index is 12.9. The number of rotatable bonds is 8. The van der Waals surface area contributed by atoms with Crippen LogP contribution in [-0.4, -0.2) is 33.9 Å². The van der Waals surface area contributed by atoms with Gasteiger partial charge >= 0.3 is 0 Å². The first-order valence-corrected chi connectivity index (χ1v) is 8.85. The highest BCUT2D eigenvalue weighted by atomic mass is 19.1. The van der Waals surface area contributed by atoms with Crippen molar-refractivity contribution in [1.29, 1.82) is 0 Å². The molecule has 3 aromatic rings. The standard InChI is InChI=1S/C20H21FN6O/c1-14-6-7-22-18(10-14)27-19-12-17(25-13-26-19)23-8-9-24-20(28)11-15-2-4-16(21)5-3-15/h2-7,10,12-13H,8-9,11H2,1H3,(H,24,28)(H2,22,23,25,26,27). The van der Waals surface area contributed by atoms with Crippen LogP contribution in [0.15, 0.2) is 55.0 Å². The second-order valence-corrected chi connectivity index (χ2v) is 6.21. The Morgan fingerprint density at radius 3 is 2.50 bits per heavy atom. The van der Waals surface area contributed by atoms with Crippen LogP contribution in [0.25, 0.3) is 0 Å². The van der Waals surface area contributed by atoms with Crippen molar-refractivity contribution < 1.29 is 9.18 Å². The average molecular weight is 380 g/mol. The van der Waals surface area contributed by atoms with Gasteiger partial charge in [0.15, 0.2) is 0 Å². The summed E-state index contributed by atoms with van der Waals surface area (Å²) in [5, 5.41) is 9.07. The monoisotopic (exact) mass is 380 g/mol. The molecule has 144 valence electrons. The number of hydrogen-bond acceptors (Lipinski definition) is 6. The molecule has 0 atom stereocenters. The third kappa shape index (κ3) is 6.01. The summed E-state index contributed by atoms with van der Waals surface area (Å²) < 4.78 is 12.9. The van der Waals surface area contributed by atoms with Gasteiger partial charge in [-0.1, -0.05) is 12.1 Å². The third-order valence-electron chi connectivity index (χ3n) is 3.87. The number of benzene rings is 1. The van der Waals surface area contributed by atoms with E-state index in [1.807, 2.05) is 19.1 Å². The zero-order chi connectivity index (χ0) is 19.8. The van der Waals surface area contributed by atoms with Crippen molar-refractivity contribution in [3.63, 3.8) is 0 Å². The van der Waals surface area contributed by atoms with E-state index in [-0.39, 0.29) is 18.1 Å². The second kappa shape index (κ2) is 9.40. The molecule has 2 heterocycles. The molecular formula is C20H21FN6O. The normalized spacial score (nSPS) is 10.4. The van der Waals surface area contributed by atoms with Gasteiger partial charge in [0.05, 0.1) is 6.42 Å². The van der Waals surface area contributed by atoms with Crippen molar-refractivity contribution in [2.75, 3.05) is 23.7 Å². The van der Waals surface area contributed by atoms with Crippen LogP contribution in [0.4, 0.5) is 21.8 Å². The van der Waals surface area contributed by atoms with Crippen molar-refractivity contribution in [3.05, 3.63) is 71.9 Å². The van der Waals surface area contributed by atoms with Crippen LogP contribution in [-0.2, 0) is 11.2 Å². The molecule has 1 amide bonds. The molecule has 28 heavy (non-hydrogen) atoms. The summed E-state index contributed by atoms with van der Waals surface area (Å²) in [5.41, 5.74) is 1.87. The number of nitrogens with one attached hydrogen (secondary N) is 3. The Balaban J connectivity index is 1.43. The van der Waals surface area contributed by atoms with E-state index in [9.17, 15) is 9.18 Å². The Labute approximate surface area is 162 Å². The van der Waals surface area contributed by atoms with Crippen molar-refractivity contribution >= 4 is 23.4 Å². The molecule has 8 heteroatoms. The molecule has 0 aliphatic heterocycles. The first-order chi connectivity index (χ1) is 13.6. The van der Waals surface area contributed by atoms with Crippen LogP contribution in [0.5, 0.6) is 0 Å². The SMILES string of the molecule is Cc1ccnc(Nc2cc(NCCNC(=O)Cc3ccc(F)cc3)ncn2)c1. The number of hydrogen-bond donors (Lipinski definition) is 3. The number of amides is 1. The summed E-state index contributed by atoms with van der Waals surface area (Å²) in [5.74, 6) is 1.53. The van der Waals surface area contributed by atoms with Gasteiger partial charge in [0.1, 0.15) is 29.6 Å². The Morgan fingerprint density at radius 2 is 1.71 bits per heavy atom. The van der Waals surface area contributed by atoms with E-state index in [0.29, 0.717) is 30.5 Å². The number of nitrogens with zero attached hydrogens (tertiary/aromatic N) is 3. The number of anilines is 3. The van der Waals surface area contributed by atoms with Crippen LogP contribution in [0, 0.1) is 12.7 Å². The van der Waals surface area contributed by atoms with Crippen LogP contribution < -0.4 is 16.0 Å². The first-order valence-electron chi connectivity index (χ1n) is 8.85. The van der Waals surface area contributed by atoms with E-state index in [1.54, 1.807) is 24.4 Å². The quantitative estimate of drug-likeness (QED) is 0.521. The minimum atomic E-state index is -0.315. The summed E-state index contributed by atoms with van der Waals surface area (Å²) >= 11 is 0. The molecule has 0 aliphatic rings. The molecule has 3 N–H and O–H groups in total. The highest BCUT2D eigenvalue weighted by molar-refractivity contribution is 5.78. The van der Waals surface area contributed by atoms with E-state index >= 15 is 0 Å². The zero-order valence-corrected chi connectivity index (χ0v) is 15.4. The van der Waals surface area contributed by atoms with Crippen LogP contribution >= 0.6 is 0 Å². The van der Waals surface area contributed by atoms with Gasteiger partial charge in [-0.15, -0.1) is 0 Å². The van der Waals surface area contributed by atoms with E-state index in [0.717, 1.165) is 11.1 Å². The fourth-order valence-corrected chi connectivity index (χ4v) is 2.50. The highest BCUT2D eigenvalue weighted by Crippen LogP contribution is 2.14. The summed E-state index contributed by atoms with van der Waals surface area (Å²) in [6, 6.07) is 11.5. The number of carbonyl (C=O) groups excluding carboxylic acids is 1. The molecule has 0 unspecified atom stereocenters. The van der Waals surface area contributed by atoms with Crippen LogP contribution in [0.1, 0.15) is 11.1 Å². The van der Waals surface area contributed by atoms with Crippen molar-refractivity contribution in [1.82, 2.24) is 20.3 Å². The molecule has 0 saturated carbocycles. The van der Waals surface area contributed by atoms with Gasteiger partial charge < -0.3 is 16.0 Å². The topological polar surface area (TPSA) is 91.8 Å². The summed E-state index contributed by atoms with van der Waals surface area (Å²) in [7, 11) is 0. The Hall–Kier alpha value is -3.55. The Kier molecular flexibility index (Phi) is 6.46. The number of pyridine rings is 1. The number of aryl methyl sites for hydroxylation is 1. The molecular weight excluding hydrogens is 359 g/mol. The number of halogens is 1. The molecule has 1 aromatic carbocycles. The number of carbonyl (C=O) groups is 1. The van der Waals surface area contributed by atoms with Crippen molar-refractivity contribution in [3.8, 4) is 0 Å². The van der Waals surface area contributed by atoms with Gasteiger partial charge in [-0.05, 0) is 42.3 Å². The highest BCUT2D eigenvalue weighted by Gasteiger charge is 2.04.